The van der Waals surface area contributed by atoms with Crippen molar-refractivity contribution in [3.05, 3.63) is 36.4 Å². The van der Waals surface area contributed by atoms with Crippen LogP contribution in [0.4, 0.5) is 20.7 Å². The maximum absolute atomic E-state index is 14.3. The lowest BCUT2D eigenvalue weighted by atomic mass is 10.2. The first-order valence-corrected chi connectivity index (χ1v) is 8.78. The third kappa shape index (κ3) is 5.61. The van der Waals surface area contributed by atoms with Crippen LogP contribution in [0, 0.1) is 5.82 Å². The van der Waals surface area contributed by atoms with Crippen LogP contribution in [-0.2, 0) is 9.59 Å². The molecule has 0 saturated carbocycles. The Balaban J connectivity index is 1.64. The van der Waals surface area contributed by atoms with E-state index < -0.39 is 24.1 Å². The second kappa shape index (κ2) is 8.95. The van der Waals surface area contributed by atoms with Crippen molar-refractivity contribution in [1.29, 1.82) is 0 Å². The van der Waals surface area contributed by atoms with Gasteiger partial charge in [0.15, 0.2) is 11.6 Å². The van der Waals surface area contributed by atoms with Crippen molar-refractivity contribution in [3.8, 4) is 11.6 Å². The van der Waals surface area contributed by atoms with Gasteiger partial charge in [-0.2, -0.15) is 0 Å². The van der Waals surface area contributed by atoms with Gasteiger partial charge in [-0.1, -0.05) is 0 Å². The highest BCUT2D eigenvalue weighted by Crippen LogP contribution is 2.26. The van der Waals surface area contributed by atoms with Crippen molar-refractivity contribution in [2.45, 2.75) is 19.3 Å². The van der Waals surface area contributed by atoms with Crippen LogP contribution in [0.25, 0.3) is 0 Å². The molecule has 152 valence electrons. The van der Waals surface area contributed by atoms with E-state index in [4.69, 9.17) is 9.84 Å². The second-order valence-corrected chi connectivity index (χ2v) is 6.23. The van der Waals surface area contributed by atoms with Gasteiger partial charge in [0.05, 0.1) is 0 Å². The minimum atomic E-state index is -1.29. The molecule has 1 aliphatic rings. The first-order valence-electron chi connectivity index (χ1n) is 8.78. The van der Waals surface area contributed by atoms with Crippen molar-refractivity contribution >= 4 is 29.4 Å². The number of carbonyl (C=O) groups is 3. The summed E-state index contributed by atoms with van der Waals surface area (Å²) >= 11 is 0. The summed E-state index contributed by atoms with van der Waals surface area (Å²) in [5, 5.41) is 13.5. The van der Waals surface area contributed by atoms with Crippen LogP contribution in [0.1, 0.15) is 19.3 Å². The van der Waals surface area contributed by atoms with Crippen LogP contribution >= 0.6 is 0 Å². The van der Waals surface area contributed by atoms with Gasteiger partial charge in [-0.25, -0.2) is 19.2 Å². The average molecular weight is 403 g/mol. The zero-order chi connectivity index (χ0) is 20.8. The van der Waals surface area contributed by atoms with Gasteiger partial charge in [0.1, 0.15) is 18.6 Å². The molecule has 0 spiro atoms. The number of benzene rings is 1. The minimum Gasteiger partial charge on any atom is -0.481 e. The summed E-state index contributed by atoms with van der Waals surface area (Å²) in [6.45, 7) is 1.36. The van der Waals surface area contributed by atoms with Crippen molar-refractivity contribution < 1.29 is 28.6 Å². The second-order valence-electron chi connectivity index (χ2n) is 6.23. The van der Waals surface area contributed by atoms with Crippen molar-refractivity contribution in [2.75, 3.05) is 23.7 Å². The molecule has 1 aromatic carbocycles. The predicted molar refractivity (Wildman–Crippen MR) is 99.2 cm³/mol. The summed E-state index contributed by atoms with van der Waals surface area (Å²) in [5.74, 6) is -2.81. The Bertz CT molecular complexity index is 933. The number of carboxylic acid groups (broad SMARTS) is 1. The highest BCUT2D eigenvalue weighted by molar-refractivity contribution is 6.01. The lowest BCUT2D eigenvalue weighted by Gasteiger charge is -2.15. The molecule has 29 heavy (non-hydrogen) atoms. The van der Waals surface area contributed by atoms with Gasteiger partial charge in [-0.15, -0.1) is 0 Å². The number of anilines is 2. The SMILES string of the molecule is O=C(O)CC(=O)Nc1ccc(Oc2cc(NC(=O)N3CCCC3)ncn2)c(F)c1. The number of rotatable bonds is 6. The Morgan fingerprint density at radius 2 is 1.90 bits per heavy atom. The van der Waals surface area contributed by atoms with Gasteiger partial charge in [-0.3, -0.25) is 14.9 Å². The molecule has 3 amide bonds. The largest absolute Gasteiger partial charge is 0.481 e. The number of amides is 3. The Kier molecular flexibility index (Phi) is 6.17. The quantitative estimate of drug-likeness (QED) is 0.631. The average Bonchev–Trinajstić information content (AvgIpc) is 3.18. The van der Waals surface area contributed by atoms with Crippen molar-refractivity contribution in [2.24, 2.45) is 0 Å². The third-order valence-corrected chi connectivity index (χ3v) is 4.01. The topological polar surface area (TPSA) is 134 Å². The van der Waals surface area contributed by atoms with Crippen LogP contribution in [-0.4, -0.2) is 51.0 Å². The minimum absolute atomic E-state index is 0.0123. The third-order valence-electron chi connectivity index (χ3n) is 4.01. The fourth-order valence-electron chi connectivity index (χ4n) is 2.69. The number of nitrogens with zero attached hydrogens (tertiary/aromatic N) is 3. The number of hydrogen-bond acceptors (Lipinski definition) is 6. The van der Waals surface area contributed by atoms with Gasteiger partial charge < -0.3 is 20.1 Å². The highest BCUT2D eigenvalue weighted by atomic mass is 19.1. The van der Waals surface area contributed by atoms with Gasteiger partial charge in [0.25, 0.3) is 0 Å². The number of halogens is 1. The zero-order valence-electron chi connectivity index (χ0n) is 15.2. The molecule has 1 aliphatic heterocycles. The number of likely N-dealkylation sites (tertiary alicyclic amines) is 1. The molecule has 0 aliphatic carbocycles. The standard InChI is InChI=1S/C18H18FN5O5/c19-12-7-11(22-15(25)9-17(26)27)3-4-13(12)29-16-8-14(20-10-21-16)23-18(28)24-5-1-2-6-24/h3-4,7-8,10H,1-2,5-6,9H2,(H,22,25)(H,26,27)(H,20,21,23,28). The first-order chi connectivity index (χ1) is 13.9. The van der Waals surface area contributed by atoms with Crippen molar-refractivity contribution in [1.82, 2.24) is 14.9 Å². The fourth-order valence-corrected chi connectivity index (χ4v) is 2.69. The molecular weight excluding hydrogens is 385 g/mol. The van der Waals surface area contributed by atoms with E-state index in [1.807, 2.05) is 0 Å². The van der Waals surface area contributed by atoms with Crippen LogP contribution < -0.4 is 15.4 Å². The maximum Gasteiger partial charge on any atom is 0.323 e. The van der Waals surface area contributed by atoms with Gasteiger partial charge in [0.2, 0.25) is 11.8 Å². The maximum atomic E-state index is 14.3. The van der Waals surface area contributed by atoms with E-state index in [9.17, 15) is 18.8 Å². The summed E-state index contributed by atoms with van der Waals surface area (Å²) in [6, 6.07) is 4.69. The van der Waals surface area contributed by atoms with Crippen LogP contribution in [0.15, 0.2) is 30.6 Å². The number of ether oxygens (including phenoxy) is 1. The van der Waals surface area contributed by atoms with Gasteiger partial charge >= 0.3 is 12.0 Å². The van der Waals surface area contributed by atoms with Gasteiger partial charge in [-0.05, 0) is 25.0 Å². The monoisotopic (exact) mass is 403 g/mol. The molecule has 1 saturated heterocycles. The fraction of sp³-hybridized carbons (Fsp3) is 0.278. The summed E-state index contributed by atoms with van der Waals surface area (Å²) < 4.78 is 19.6. The summed E-state index contributed by atoms with van der Waals surface area (Å²) in [6.07, 6.45) is 2.36. The lowest BCUT2D eigenvalue weighted by Crippen LogP contribution is -2.32. The van der Waals surface area contributed by atoms with E-state index in [0.717, 1.165) is 18.9 Å². The van der Waals surface area contributed by atoms with Crippen LogP contribution in [0.3, 0.4) is 0 Å². The van der Waals surface area contributed by atoms with Gasteiger partial charge in [0, 0.05) is 30.9 Å². The number of nitrogens with one attached hydrogen (secondary N) is 2. The van der Waals surface area contributed by atoms with E-state index in [2.05, 4.69) is 20.6 Å². The van der Waals surface area contributed by atoms with Crippen LogP contribution in [0.5, 0.6) is 11.6 Å². The molecule has 0 unspecified atom stereocenters. The van der Waals surface area contributed by atoms with E-state index >= 15 is 0 Å². The Morgan fingerprint density at radius 1 is 1.14 bits per heavy atom. The number of urea groups is 1. The summed E-state index contributed by atoms with van der Waals surface area (Å²) in [4.78, 5) is 43.5. The molecule has 2 heterocycles. The smallest absolute Gasteiger partial charge is 0.323 e. The predicted octanol–water partition coefficient (Wildman–Crippen LogP) is 2.45. The van der Waals surface area contributed by atoms with E-state index in [1.165, 1.54) is 24.5 Å². The van der Waals surface area contributed by atoms with Crippen molar-refractivity contribution in [3.63, 3.8) is 0 Å². The molecule has 3 rings (SSSR count). The van der Waals surface area contributed by atoms with E-state index in [-0.39, 0.29) is 29.2 Å². The number of aliphatic carboxylic acids is 1. The Labute approximate surface area is 164 Å². The molecule has 2 aromatic rings. The number of carbonyl (C=O) groups excluding carboxylic acids is 2. The van der Waals surface area contributed by atoms with E-state index in [0.29, 0.717) is 13.1 Å². The molecular formula is C18H18FN5O5. The lowest BCUT2D eigenvalue weighted by molar-refractivity contribution is -0.139. The number of carboxylic acids is 1. The first kappa shape index (κ1) is 20.0. The zero-order valence-corrected chi connectivity index (χ0v) is 15.2. The molecule has 1 fully saturated rings. The normalized spacial score (nSPS) is 13.1. The summed E-state index contributed by atoms with van der Waals surface area (Å²) in [5.41, 5.74) is 0.0855. The van der Waals surface area contributed by atoms with E-state index in [1.54, 1.807) is 4.90 Å². The Morgan fingerprint density at radius 3 is 2.59 bits per heavy atom. The molecule has 0 bridgehead atoms. The Hall–Kier alpha value is -3.76. The van der Waals surface area contributed by atoms with Crippen LogP contribution in [0.2, 0.25) is 0 Å². The molecule has 1 aromatic heterocycles. The number of hydrogen-bond donors (Lipinski definition) is 3. The molecule has 11 heteroatoms. The molecule has 3 N–H and O–H groups in total. The molecule has 0 radical (unpaired) electrons. The molecule has 10 nitrogen and oxygen atoms in total. The number of aromatic nitrogens is 2. The highest BCUT2D eigenvalue weighted by Gasteiger charge is 2.18. The molecule has 0 atom stereocenters. The summed E-state index contributed by atoms with van der Waals surface area (Å²) in [7, 11) is 0.